The van der Waals surface area contributed by atoms with Crippen LogP contribution in [0.25, 0.3) is 11.1 Å². The number of likely N-dealkylation sites (tertiary alicyclic amines) is 1. The summed E-state index contributed by atoms with van der Waals surface area (Å²) in [5.74, 6) is -7.85. The standard InChI is InChI=1S/C24H24F2N2O6/c25-24(26)14-28(11-20(24)22(30)31)21(29)13-33-10-9-27-23(32)34-12-19-17-7-3-1-5-15(17)16-6-2-4-8-18(16)19/h1-8,19-20H,9-14H2,(H,27,32)(H,30,31). The summed E-state index contributed by atoms with van der Waals surface area (Å²) in [5, 5.41) is 11.4. The summed E-state index contributed by atoms with van der Waals surface area (Å²) in [6.07, 6.45) is -0.639. The molecule has 2 amide bonds. The number of carbonyl (C=O) groups excluding carboxylic acids is 2. The zero-order valence-corrected chi connectivity index (χ0v) is 18.2. The van der Waals surface area contributed by atoms with Crippen molar-refractivity contribution in [1.82, 2.24) is 10.2 Å². The number of ether oxygens (including phenoxy) is 2. The highest BCUT2D eigenvalue weighted by Gasteiger charge is 2.53. The first-order valence-electron chi connectivity index (χ1n) is 10.8. The number of nitrogens with one attached hydrogen (secondary N) is 1. The van der Waals surface area contributed by atoms with Gasteiger partial charge in [0.05, 0.1) is 13.2 Å². The van der Waals surface area contributed by atoms with Gasteiger partial charge in [-0.15, -0.1) is 0 Å². The van der Waals surface area contributed by atoms with E-state index in [1.807, 2.05) is 48.5 Å². The molecule has 180 valence electrons. The van der Waals surface area contributed by atoms with Gasteiger partial charge in [-0.1, -0.05) is 48.5 Å². The van der Waals surface area contributed by atoms with Gasteiger partial charge in [-0.2, -0.15) is 0 Å². The Hall–Kier alpha value is -3.53. The molecule has 1 unspecified atom stereocenters. The summed E-state index contributed by atoms with van der Waals surface area (Å²) in [7, 11) is 0. The molecule has 2 N–H and O–H groups in total. The van der Waals surface area contributed by atoms with E-state index in [9.17, 15) is 23.2 Å². The van der Waals surface area contributed by atoms with Crippen molar-refractivity contribution in [3.05, 3.63) is 59.7 Å². The van der Waals surface area contributed by atoms with Gasteiger partial charge in [-0.25, -0.2) is 13.6 Å². The Balaban J connectivity index is 1.18. The summed E-state index contributed by atoms with van der Waals surface area (Å²) in [5.41, 5.74) is 4.43. The number of halogens is 2. The van der Waals surface area contributed by atoms with Crippen molar-refractivity contribution >= 4 is 18.0 Å². The number of hydrogen-bond acceptors (Lipinski definition) is 5. The second-order valence-electron chi connectivity index (χ2n) is 8.23. The number of carboxylic acids is 1. The highest BCUT2D eigenvalue weighted by atomic mass is 19.3. The van der Waals surface area contributed by atoms with Gasteiger partial charge in [-0.3, -0.25) is 9.59 Å². The fourth-order valence-electron chi connectivity index (χ4n) is 4.36. The Labute approximate surface area is 194 Å². The zero-order valence-electron chi connectivity index (χ0n) is 18.2. The van der Waals surface area contributed by atoms with Gasteiger partial charge in [0.25, 0.3) is 5.92 Å². The van der Waals surface area contributed by atoms with Gasteiger partial charge in [0.15, 0.2) is 0 Å². The number of amides is 2. The summed E-state index contributed by atoms with van der Waals surface area (Å²) in [4.78, 5) is 35.8. The van der Waals surface area contributed by atoms with Crippen LogP contribution < -0.4 is 5.32 Å². The SMILES string of the molecule is O=C(NCCOCC(=O)N1CC(C(=O)O)C(F)(F)C1)OCC1c2ccccc2-c2ccccc21. The van der Waals surface area contributed by atoms with Crippen LogP contribution in [0.1, 0.15) is 17.0 Å². The lowest BCUT2D eigenvalue weighted by Gasteiger charge is -2.16. The quantitative estimate of drug-likeness (QED) is 0.570. The largest absolute Gasteiger partial charge is 0.481 e. The maximum Gasteiger partial charge on any atom is 0.407 e. The van der Waals surface area contributed by atoms with Crippen LogP contribution in [0.3, 0.4) is 0 Å². The first-order chi connectivity index (χ1) is 16.3. The van der Waals surface area contributed by atoms with Gasteiger partial charge in [0.2, 0.25) is 5.91 Å². The average molecular weight is 474 g/mol. The minimum atomic E-state index is -3.48. The predicted molar refractivity (Wildman–Crippen MR) is 117 cm³/mol. The smallest absolute Gasteiger partial charge is 0.407 e. The Morgan fingerprint density at radius 3 is 2.26 bits per heavy atom. The van der Waals surface area contributed by atoms with Crippen LogP contribution in [0, 0.1) is 5.92 Å². The first kappa shape index (κ1) is 23.6. The van der Waals surface area contributed by atoms with E-state index in [4.69, 9.17) is 14.6 Å². The molecule has 2 aromatic rings. The van der Waals surface area contributed by atoms with Gasteiger partial charge < -0.3 is 24.8 Å². The molecule has 1 aliphatic heterocycles. The zero-order chi connectivity index (χ0) is 24.3. The highest BCUT2D eigenvalue weighted by molar-refractivity contribution is 5.81. The summed E-state index contributed by atoms with van der Waals surface area (Å²) in [6.45, 7) is -1.84. The summed E-state index contributed by atoms with van der Waals surface area (Å²) < 4.78 is 37.9. The number of carboxylic acid groups (broad SMARTS) is 1. The molecule has 1 saturated heterocycles. The van der Waals surface area contributed by atoms with Crippen LogP contribution >= 0.6 is 0 Å². The van der Waals surface area contributed by atoms with Crippen LogP contribution in [0.5, 0.6) is 0 Å². The predicted octanol–water partition coefficient (Wildman–Crippen LogP) is 2.72. The second-order valence-corrected chi connectivity index (χ2v) is 8.23. The van der Waals surface area contributed by atoms with Gasteiger partial charge >= 0.3 is 12.1 Å². The topological polar surface area (TPSA) is 105 Å². The third kappa shape index (κ3) is 4.86. The minimum absolute atomic E-state index is 0.0392. The van der Waals surface area contributed by atoms with Gasteiger partial charge in [0.1, 0.15) is 19.1 Å². The number of benzene rings is 2. The molecule has 8 nitrogen and oxygen atoms in total. The first-order valence-corrected chi connectivity index (χ1v) is 10.8. The van der Waals surface area contributed by atoms with Crippen molar-refractivity contribution in [2.75, 3.05) is 39.5 Å². The van der Waals surface area contributed by atoms with E-state index in [0.29, 0.717) is 0 Å². The number of carbonyl (C=O) groups is 3. The molecule has 0 bridgehead atoms. The van der Waals surface area contributed by atoms with Crippen molar-refractivity contribution in [2.45, 2.75) is 11.8 Å². The molecule has 2 aromatic carbocycles. The Bertz CT molecular complexity index is 1050. The minimum Gasteiger partial charge on any atom is -0.481 e. The normalized spacial score (nSPS) is 18.3. The van der Waals surface area contributed by atoms with E-state index < -0.39 is 49.5 Å². The Morgan fingerprint density at radius 1 is 1.06 bits per heavy atom. The Kier molecular flexibility index (Phi) is 6.78. The average Bonchev–Trinajstić information content (AvgIpc) is 3.31. The lowest BCUT2D eigenvalue weighted by Crippen LogP contribution is -2.35. The second kappa shape index (κ2) is 9.76. The molecular weight excluding hydrogens is 450 g/mol. The number of fused-ring (bicyclic) bond motifs is 3. The van der Waals surface area contributed by atoms with E-state index in [1.165, 1.54) is 0 Å². The molecule has 4 rings (SSSR count). The molecule has 34 heavy (non-hydrogen) atoms. The van der Waals surface area contributed by atoms with Crippen LogP contribution in [0.2, 0.25) is 0 Å². The van der Waals surface area contributed by atoms with E-state index in [2.05, 4.69) is 5.32 Å². The molecule has 10 heteroatoms. The van der Waals surface area contributed by atoms with Crippen LogP contribution in [0.4, 0.5) is 13.6 Å². The maximum atomic E-state index is 13.7. The summed E-state index contributed by atoms with van der Waals surface area (Å²) in [6, 6.07) is 15.9. The van der Waals surface area contributed by atoms with Gasteiger partial charge in [-0.05, 0) is 22.3 Å². The Morgan fingerprint density at radius 2 is 1.68 bits per heavy atom. The van der Waals surface area contributed by atoms with Crippen molar-refractivity contribution in [3.8, 4) is 11.1 Å². The number of rotatable bonds is 8. The number of alkyl carbamates (subject to hydrolysis) is 1. The monoisotopic (exact) mass is 474 g/mol. The van der Waals surface area contributed by atoms with Crippen molar-refractivity contribution in [2.24, 2.45) is 5.92 Å². The molecule has 0 spiro atoms. The number of aliphatic carboxylic acids is 1. The van der Waals surface area contributed by atoms with E-state index in [1.54, 1.807) is 0 Å². The van der Waals surface area contributed by atoms with Crippen LogP contribution in [-0.4, -0.2) is 73.4 Å². The highest BCUT2D eigenvalue weighted by Crippen LogP contribution is 2.44. The number of hydrogen-bond donors (Lipinski definition) is 2. The van der Waals surface area contributed by atoms with Crippen molar-refractivity contribution in [3.63, 3.8) is 0 Å². The molecule has 0 radical (unpaired) electrons. The van der Waals surface area contributed by atoms with E-state index >= 15 is 0 Å². The molecule has 0 aromatic heterocycles. The maximum absolute atomic E-state index is 13.7. The molecule has 1 fully saturated rings. The fraction of sp³-hybridized carbons (Fsp3) is 0.375. The fourth-order valence-corrected chi connectivity index (χ4v) is 4.36. The van der Waals surface area contributed by atoms with Gasteiger partial charge in [0, 0.05) is 19.0 Å². The van der Waals surface area contributed by atoms with E-state index in [-0.39, 0.29) is 25.7 Å². The molecule has 2 aliphatic rings. The molecule has 1 atom stereocenters. The van der Waals surface area contributed by atoms with Crippen molar-refractivity contribution < 1.29 is 37.7 Å². The summed E-state index contributed by atoms with van der Waals surface area (Å²) >= 11 is 0. The molecule has 1 heterocycles. The lowest BCUT2D eigenvalue weighted by atomic mass is 9.98. The van der Waals surface area contributed by atoms with E-state index in [0.717, 1.165) is 27.2 Å². The third-order valence-electron chi connectivity index (χ3n) is 6.05. The van der Waals surface area contributed by atoms with Crippen molar-refractivity contribution in [1.29, 1.82) is 0 Å². The number of alkyl halides is 2. The molecule has 0 saturated carbocycles. The lowest BCUT2D eigenvalue weighted by molar-refractivity contribution is -0.151. The third-order valence-corrected chi connectivity index (χ3v) is 6.05. The van der Waals surface area contributed by atoms with Crippen LogP contribution in [0.15, 0.2) is 48.5 Å². The molecular formula is C24H24F2N2O6. The number of nitrogens with zero attached hydrogens (tertiary/aromatic N) is 1. The molecule has 1 aliphatic carbocycles. The van der Waals surface area contributed by atoms with Crippen LogP contribution in [-0.2, 0) is 19.1 Å².